The molecule has 0 radical (unpaired) electrons. The summed E-state index contributed by atoms with van der Waals surface area (Å²) in [6.07, 6.45) is 5.97. The third-order valence-electron chi connectivity index (χ3n) is 7.88. The van der Waals surface area contributed by atoms with Crippen molar-refractivity contribution in [3.63, 3.8) is 0 Å². The lowest BCUT2D eigenvalue weighted by Gasteiger charge is -2.41. The molecule has 4 rings (SSSR count). The molecule has 35 heavy (non-hydrogen) atoms. The summed E-state index contributed by atoms with van der Waals surface area (Å²) in [5, 5.41) is 3.54. The highest BCUT2D eigenvalue weighted by Gasteiger charge is 2.33. The molecule has 2 amide bonds. The summed E-state index contributed by atoms with van der Waals surface area (Å²) in [6, 6.07) is 3.87. The first-order valence-corrected chi connectivity index (χ1v) is 15.1. The smallest absolute Gasteiger partial charge is 0.226 e. The molecule has 1 aliphatic carbocycles. The van der Waals surface area contributed by atoms with Crippen LogP contribution in [0.3, 0.4) is 0 Å². The number of benzene rings is 1. The van der Waals surface area contributed by atoms with E-state index in [-0.39, 0.29) is 41.7 Å². The fraction of sp³-hybridized carbons (Fsp3) is 0.692. The molecule has 3 fully saturated rings. The van der Waals surface area contributed by atoms with Crippen molar-refractivity contribution >= 4 is 38.9 Å². The van der Waals surface area contributed by atoms with Crippen LogP contribution in [0.15, 0.2) is 12.1 Å². The molecule has 2 saturated heterocycles. The van der Waals surface area contributed by atoms with Gasteiger partial charge in [-0.25, -0.2) is 8.42 Å². The summed E-state index contributed by atoms with van der Waals surface area (Å²) in [7, 11) is -3.04. The fourth-order valence-corrected chi connectivity index (χ4v) is 7.94. The van der Waals surface area contributed by atoms with E-state index in [9.17, 15) is 18.0 Å². The van der Waals surface area contributed by atoms with Gasteiger partial charge in [0.25, 0.3) is 0 Å². The Morgan fingerprint density at radius 3 is 2.54 bits per heavy atom. The third kappa shape index (κ3) is 6.77. The van der Waals surface area contributed by atoms with Gasteiger partial charge in [0.15, 0.2) is 9.84 Å². The molecule has 1 saturated carbocycles. The van der Waals surface area contributed by atoms with E-state index in [2.05, 4.69) is 22.0 Å². The van der Waals surface area contributed by atoms with Crippen molar-refractivity contribution in [2.45, 2.75) is 71.4 Å². The minimum Gasteiger partial charge on any atom is -0.337 e. The zero-order valence-corrected chi connectivity index (χ0v) is 22.5. The van der Waals surface area contributed by atoms with Crippen molar-refractivity contribution in [3.05, 3.63) is 28.3 Å². The van der Waals surface area contributed by atoms with E-state index in [0.29, 0.717) is 29.6 Å². The highest BCUT2D eigenvalue weighted by atomic mass is 35.5. The quantitative estimate of drug-likeness (QED) is 0.608. The predicted octanol–water partition coefficient (Wildman–Crippen LogP) is 4.02. The van der Waals surface area contributed by atoms with Gasteiger partial charge in [0, 0.05) is 55.3 Å². The zero-order valence-electron chi connectivity index (χ0n) is 20.9. The van der Waals surface area contributed by atoms with Crippen LogP contribution in [0.2, 0.25) is 5.02 Å². The van der Waals surface area contributed by atoms with Crippen molar-refractivity contribution in [3.8, 4) is 0 Å². The average Bonchev–Trinajstić information content (AvgIpc) is 3.31. The van der Waals surface area contributed by atoms with Crippen LogP contribution < -0.4 is 5.32 Å². The average molecular weight is 524 g/mol. The van der Waals surface area contributed by atoms with Crippen molar-refractivity contribution in [1.82, 2.24) is 9.80 Å². The lowest BCUT2D eigenvalue weighted by molar-refractivity contribution is -0.140. The van der Waals surface area contributed by atoms with Gasteiger partial charge in [0.05, 0.1) is 11.5 Å². The van der Waals surface area contributed by atoms with E-state index in [4.69, 9.17) is 11.6 Å². The van der Waals surface area contributed by atoms with E-state index in [0.717, 1.165) is 62.9 Å². The Morgan fingerprint density at radius 1 is 1.11 bits per heavy atom. The Morgan fingerprint density at radius 2 is 1.86 bits per heavy atom. The van der Waals surface area contributed by atoms with Crippen LogP contribution in [0, 0.1) is 18.8 Å². The second-order valence-corrected chi connectivity index (χ2v) is 13.4. The number of rotatable bonds is 6. The van der Waals surface area contributed by atoms with Gasteiger partial charge in [0.2, 0.25) is 11.8 Å². The highest BCUT2D eigenvalue weighted by molar-refractivity contribution is 7.91. The van der Waals surface area contributed by atoms with Gasteiger partial charge in [-0.05, 0) is 68.7 Å². The molecule has 1 aromatic carbocycles. The Bertz CT molecular complexity index is 1050. The maximum atomic E-state index is 12.9. The molecule has 194 valence electrons. The number of anilines is 1. The SMILES string of the molecule is Cc1c(CN2CCN(C(=O)C3CCCC3)[C@@H](C)C2)cc(Cl)cc1NC(=O)CC1CCCS(=O)(=O)C1. The van der Waals surface area contributed by atoms with Crippen molar-refractivity contribution in [2.24, 2.45) is 11.8 Å². The number of carbonyl (C=O) groups is 2. The van der Waals surface area contributed by atoms with Gasteiger partial charge < -0.3 is 10.2 Å². The van der Waals surface area contributed by atoms with E-state index >= 15 is 0 Å². The summed E-state index contributed by atoms with van der Waals surface area (Å²) < 4.78 is 23.8. The topological polar surface area (TPSA) is 86.8 Å². The summed E-state index contributed by atoms with van der Waals surface area (Å²) >= 11 is 6.42. The van der Waals surface area contributed by atoms with Crippen molar-refractivity contribution < 1.29 is 18.0 Å². The highest BCUT2D eigenvalue weighted by Crippen LogP contribution is 2.30. The molecule has 1 unspecified atom stereocenters. The number of carbonyl (C=O) groups excluding carboxylic acids is 2. The van der Waals surface area contributed by atoms with Gasteiger partial charge in [-0.3, -0.25) is 14.5 Å². The van der Waals surface area contributed by atoms with Gasteiger partial charge in [-0.1, -0.05) is 24.4 Å². The molecular weight excluding hydrogens is 486 g/mol. The molecule has 2 heterocycles. The minimum absolute atomic E-state index is 0.0909. The number of nitrogens with zero attached hydrogens (tertiary/aromatic N) is 2. The first-order chi connectivity index (χ1) is 16.6. The molecule has 0 aromatic heterocycles. The number of piperazine rings is 1. The Hall–Kier alpha value is -1.64. The third-order valence-corrected chi connectivity index (χ3v) is 9.99. The summed E-state index contributed by atoms with van der Waals surface area (Å²) in [6.45, 7) is 7.17. The van der Waals surface area contributed by atoms with Crippen LogP contribution >= 0.6 is 11.6 Å². The Balaban J connectivity index is 1.36. The normalized spacial score (nSPS) is 25.5. The minimum atomic E-state index is -3.04. The molecule has 0 bridgehead atoms. The molecule has 1 N–H and O–H groups in total. The van der Waals surface area contributed by atoms with Gasteiger partial charge in [-0.15, -0.1) is 0 Å². The second-order valence-electron chi connectivity index (χ2n) is 10.7. The standard InChI is InChI=1S/C26H38ClN3O4S/c1-18-15-29(9-10-30(18)26(32)21-7-3-4-8-21)16-22-13-23(27)14-24(19(22)2)28-25(31)12-20-6-5-11-35(33,34)17-20/h13-14,18,20-21H,3-12,15-17H2,1-2H3,(H,28,31)/t18-,20?/m0/s1. The zero-order chi connectivity index (χ0) is 25.2. The lowest BCUT2D eigenvalue weighted by Crippen LogP contribution is -2.54. The molecule has 2 atom stereocenters. The lowest BCUT2D eigenvalue weighted by atomic mass is 10.0. The molecule has 7 nitrogen and oxygen atoms in total. The number of hydrogen-bond acceptors (Lipinski definition) is 5. The molecule has 1 aromatic rings. The van der Waals surface area contributed by atoms with Crippen molar-refractivity contribution in [1.29, 1.82) is 0 Å². The van der Waals surface area contributed by atoms with Crippen molar-refractivity contribution in [2.75, 3.05) is 36.5 Å². The summed E-state index contributed by atoms with van der Waals surface area (Å²) in [4.78, 5) is 30.0. The van der Waals surface area contributed by atoms with Crippen LogP contribution in [0.1, 0.15) is 63.0 Å². The van der Waals surface area contributed by atoms with Crippen LogP contribution in [0.25, 0.3) is 0 Å². The maximum absolute atomic E-state index is 12.9. The molecule has 9 heteroatoms. The van der Waals surface area contributed by atoms with E-state index in [1.807, 2.05) is 13.0 Å². The molecule has 2 aliphatic heterocycles. The fourth-order valence-electron chi connectivity index (χ4n) is 5.92. The van der Waals surface area contributed by atoms with Crippen LogP contribution in [-0.4, -0.2) is 67.2 Å². The Labute approximate surface area is 214 Å². The van der Waals surface area contributed by atoms with Gasteiger partial charge in [0.1, 0.15) is 0 Å². The number of sulfone groups is 1. The monoisotopic (exact) mass is 523 g/mol. The summed E-state index contributed by atoms with van der Waals surface area (Å²) in [5.41, 5.74) is 2.70. The first-order valence-electron chi connectivity index (χ1n) is 12.9. The van der Waals surface area contributed by atoms with Crippen LogP contribution in [0.4, 0.5) is 5.69 Å². The maximum Gasteiger partial charge on any atom is 0.226 e. The van der Waals surface area contributed by atoms with Crippen LogP contribution in [-0.2, 0) is 26.0 Å². The number of nitrogens with one attached hydrogen (secondary N) is 1. The van der Waals surface area contributed by atoms with Gasteiger partial charge >= 0.3 is 0 Å². The first kappa shape index (κ1) is 26.4. The number of hydrogen-bond donors (Lipinski definition) is 1. The molecule has 0 spiro atoms. The Kier molecular flexibility index (Phi) is 8.44. The van der Waals surface area contributed by atoms with E-state index in [1.165, 1.54) is 0 Å². The van der Waals surface area contributed by atoms with Crippen LogP contribution in [0.5, 0.6) is 0 Å². The second kappa shape index (κ2) is 11.2. The predicted molar refractivity (Wildman–Crippen MR) is 139 cm³/mol. The summed E-state index contributed by atoms with van der Waals surface area (Å²) in [5.74, 6) is 0.550. The number of amides is 2. The van der Waals surface area contributed by atoms with E-state index < -0.39 is 9.84 Å². The molecule has 3 aliphatic rings. The van der Waals surface area contributed by atoms with E-state index in [1.54, 1.807) is 6.07 Å². The molecular formula is C26H38ClN3O4S. The largest absolute Gasteiger partial charge is 0.337 e. The number of halogens is 1. The van der Waals surface area contributed by atoms with Gasteiger partial charge in [-0.2, -0.15) is 0 Å².